The molecule has 0 bridgehead atoms. The normalized spacial score (nSPS) is 21.1. The topological polar surface area (TPSA) is 3.24 Å². The fourth-order valence-electron chi connectivity index (χ4n) is 3.11. The number of likely N-dealkylation sites (tertiary alicyclic amines) is 1. The van der Waals surface area contributed by atoms with Crippen LogP contribution in [0.5, 0.6) is 0 Å². The molecule has 0 aliphatic carbocycles. The van der Waals surface area contributed by atoms with Crippen molar-refractivity contribution in [2.75, 3.05) is 13.1 Å². The number of hydrogen-bond donors (Lipinski definition) is 0. The lowest BCUT2D eigenvalue weighted by molar-refractivity contribution is 0.141. The highest BCUT2D eigenvalue weighted by atomic mass is 15.2. The molecular formula is C17H27N. The maximum absolute atomic E-state index is 2.73. The van der Waals surface area contributed by atoms with Gasteiger partial charge in [0.15, 0.2) is 0 Å². The zero-order valence-electron chi connectivity index (χ0n) is 11.8. The van der Waals surface area contributed by atoms with Crippen LogP contribution >= 0.6 is 0 Å². The lowest BCUT2D eigenvalue weighted by atomic mass is 9.99. The van der Waals surface area contributed by atoms with E-state index in [-0.39, 0.29) is 0 Å². The summed E-state index contributed by atoms with van der Waals surface area (Å²) in [5, 5.41) is 0. The third-order valence-electron chi connectivity index (χ3n) is 4.22. The molecule has 1 nitrogen and oxygen atoms in total. The molecular weight excluding hydrogens is 218 g/mol. The van der Waals surface area contributed by atoms with Gasteiger partial charge in [0.05, 0.1) is 0 Å². The van der Waals surface area contributed by atoms with Crippen LogP contribution in [-0.4, -0.2) is 24.0 Å². The summed E-state index contributed by atoms with van der Waals surface area (Å²) in [6.07, 6.45) is 9.54. The molecule has 0 N–H and O–H groups in total. The van der Waals surface area contributed by atoms with Crippen LogP contribution in [0.25, 0.3) is 0 Å². The fourth-order valence-corrected chi connectivity index (χ4v) is 3.11. The van der Waals surface area contributed by atoms with Gasteiger partial charge in [-0.25, -0.2) is 0 Å². The van der Waals surface area contributed by atoms with E-state index in [0.29, 0.717) is 0 Å². The van der Waals surface area contributed by atoms with Crippen molar-refractivity contribution in [1.82, 2.24) is 4.90 Å². The molecule has 1 heteroatoms. The molecule has 18 heavy (non-hydrogen) atoms. The van der Waals surface area contributed by atoms with Crippen molar-refractivity contribution < 1.29 is 0 Å². The molecule has 1 fully saturated rings. The van der Waals surface area contributed by atoms with Gasteiger partial charge in [0, 0.05) is 6.04 Å². The zero-order valence-corrected chi connectivity index (χ0v) is 11.8. The maximum Gasteiger partial charge on any atom is 0.00926 e. The summed E-state index contributed by atoms with van der Waals surface area (Å²) in [5.74, 6) is 0. The first-order valence-corrected chi connectivity index (χ1v) is 7.68. The average molecular weight is 245 g/mol. The summed E-state index contributed by atoms with van der Waals surface area (Å²) >= 11 is 0. The molecule has 1 aromatic rings. The van der Waals surface area contributed by atoms with Crippen LogP contribution in [0.2, 0.25) is 0 Å². The Morgan fingerprint density at radius 1 is 1.11 bits per heavy atom. The van der Waals surface area contributed by atoms with Gasteiger partial charge in [-0.05, 0) is 57.2 Å². The van der Waals surface area contributed by atoms with E-state index in [1.165, 1.54) is 63.6 Å². The highest BCUT2D eigenvalue weighted by molar-refractivity contribution is 5.14. The maximum atomic E-state index is 2.73. The molecule has 0 aromatic heterocycles. The standard InChI is InChI=1S/C17H27N/c1-2-17-13-7-9-15-18(17)14-8-6-12-16-10-4-3-5-11-16/h3-5,10-11,17H,2,6-9,12-15H2,1H3. The van der Waals surface area contributed by atoms with Gasteiger partial charge in [-0.3, -0.25) is 0 Å². The van der Waals surface area contributed by atoms with Gasteiger partial charge < -0.3 is 4.90 Å². The molecule has 1 saturated heterocycles. The van der Waals surface area contributed by atoms with E-state index >= 15 is 0 Å². The van der Waals surface area contributed by atoms with Crippen LogP contribution in [0, 0.1) is 0 Å². The van der Waals surface area contributed by atoms with E-state index in [4.69, 9.17) is 0 Å². The van der Waals surface area contributed by atoms with Crippen LogP contribution in [0.15, 0.2) is 30.3 Å². The minimum Gasteiger partial charge on any atom is -0.300 e. The fraction of sp³-hybridized carbons (Fsp3) is 0.647. The van der Waals surface area contributed by atoms with Crippen LogP contribution in [-0.2, 0) is 6.42 Å². The Hall–Kier alpha value is -0.820. The largest absolute Gasteiger partial charge is 0.300 e. The van der Waals surface area contributed by atoms with Crippen molar-refractivity contribution in [3.8, 4) is 0 Å². The Labute approximate surface area is 112 Å². The van der Waals surface area contributed by atoms with Gasteiger partial charge in [-0.15, -0.1) is 0 Å². The minimum atomic E-state index is 0.871. The number of aryl methyl sites for hydroxylation is 1. The van der Waals surface area contributed by atoms with Crippen LogP contribution in [0.3, 0.4) is 0 Å². The number of piperidine rings is 1. The summed E-state index contributed by atoms with van der Waals surface area (Å²) in [5.41, 5.74) is 1.49. The van der Waals surface area contributed by atoms with Crippen LogP contribution in [0.4, 0.5) is 0 Å². The molecule has 1 atom stereocenters. The molecule has 0 saturated carbocycles. The summed E-state index contributed by atoms with van der Waals surface area (Å²) < 4.78 is 0. The predicted octanol–water partition coefficient (Wildman–Crippen LogP) is 4.27. The van der Waals surface area contributed by atoms with E-state index in [1.54, 1.807) is 0 Å². The van der Waals surface area contributed by atoms with Crippen molar-refractivity contribution in [3.63, 3.8) is 0 Å². The van der Waals surface area contributed by atoms with Gasteiger partial charge in [-0.2, -0.15) is 0 Å². The van der Waals surface area contributed by atoms with Gasteiger partial charge in [-0.1, -0.05) is 43.7 Å². The number of rotatable bonds is 6. The first-order valence-electron chi connectivity index (χ1n) is 7.68. The summed E-state index contributed by atoms with van der Waals surface area (Å²) in [6.45, 7) is 4.99. The third kappa shape index (κ3) is 4.13. The molecule has 2 rings (SSSR count). The molecule has 0 amide bonds. The second-order valence-electron chi connectivity index (χ2n) is 5.54. The summed E-state index contributed by atoms with van der Waals surface area (Å²) in [7, 11) is 0. The Kier molecular flexibility index (Phi) is 5.73. The zero-order chi connectivity index (χ0) is 12.6. The second kappa shape index (κ2) is 7.58. The Balaban J connectivity index is 1.65. The second-order valence-corrected chi connectivity index (χ2v) is 5.54. The van der Waals surface area contributed by atoms with Gasteiger partial charge in [0.1, 0.15) is 0 Å². The number of benzene rings is 1. The minimum absolute atomic E-state index is 0.871. The molecule has 1 heterocycles. The van der Waals surface area contributed by atoms with E-state index in [9.17, 15) is 0 Å². The SMILES string of the molecule is CCC1CCCCN1CCCCc1ccccc1. The highest BCUT2D eigenvalue weighted by Gasteiger charge is 2.19. The van der Waals surface area contributed by atoms with Crippen molar-refractivity contribution >= 4 is 0 Å². The number of unbranched alkanes of at least 4 members (excludes halogenated alkanes) is 1. The van der Waals surface area contributed by atoms with Gasteiger partial charge in [0.25, 0.3) is 0 Å². The van der Waals surface area contributed by atoms with E-state index in [1.807, 2.05) is 0 Å². The van der Waals surface area contributed by atoms with E-state index < -0.39 is 0 Å². The van der Waals surface area contributed by atoms with E-state index in [0.717, 1.165) is 6.04 Å². The lowest BCUT2D eigenvalue weighted by Gasteiger charge is -2.35. The van der Waals surface area contributed by atoms with Crippen molar-refractivity contribution in [3.05, 3.63) is 35.9 Å². The van der Waals surface area contributed by atoms with Crippen molar-refractivity contribution in [2.45, 2.75) is 57.9 Å². The highest BCUT2D eigenvalue weighted by Crippen LogP contribution is 2.19. The number of hydrogen-bond acceptors (Lipinski definition) is 1. The smallest absolute Gasteiger partial charge is 0.00926 e. The quantitative estimate of drug-likeness (QED) is 0.676. The first kappa shape index (κ1) is 13.6. The summed E-state index contributed by atoms with van der Waals surface area (Å²) in [4.78, 5) is 2.73. The van der Waals surface area contributed by atoms with Crippen LogP contribution < -0.4 is 0 Å². The van der Waals surface area contributed by atoms with Crippen LogP contribution in [0.1, 0.15) is 51.0 Å². The first-order chi connectivity index (χ1) is 8.90. The van der Waals surface area contributed by atoms with Crippen molar-refractivity contribution in [1.29, 1.82) is 0 Å². The Morgan fingerprint density at radius 2 is 1.94 bits per heavy atom. The average Bonchev–Trinajstić information content (AvgIpc) is 2.45. The molecule has 1 unspecified atom stereocenters. The number of nitrogens with zero attached hydrogens (tertiary/aromatic N) is 1. The predicted molar refractivity (Wildman–Crippen MR) is 78.9 cm³/mol. The molecule has 1 aliphatic rings. The third-order valence-corrected chi connectivity index (χ3v) is 4.22. The monoisotopic (exact) mass is 245 g/mol. The Bertz CT molecular complexity index is 320. The van der Waals surface area contributed by atoms with Gasteiger partial charge in [0.2, 0.25) is 0 Å². The van der Waals surface area contributed by atoms with Gasteiger partial charge >= 0.3 is 0 Å². The molecule has 1 aromatic carbocycles. The molecule has 1 aliphatic heterocycles. The molecule has 0 spiro atoms. The van der Waals surface area contributed by atoms with Crippen molar-refractivity contribution in [2.24, 2.45) is 0 Å². The lowest BCUT2D eigenvalue weighted by Crippen LogP contribution is -2.39. The Morgan fingerprint density at radius 3 is 2.72 bits per heavy atom. The summed E-state index contributed by atoms with van der Waals surface area (Å²) in [6, 6.07) is 11.8. The molecule has 100 valence electrons. The van der Waals surface area contributed by atoms with E-state index in [2.05, 4.69) is 42.2 Å². The molecule has 0 radical (unpaired) electrons.